The number of carbonyl (C=O) groups is 2. The Morgan fingerprint density at radius 3 is 2.33 bits per heavy atom. The molecule has 0 fully saturated rings. The summed E-state index contributed by atoms with van der Waals surface area (Å²) in [6.45, 7) is 2.20. The second kappa shape index (κ2) is 6.71. The molecule has 124 valence electrons. The maximum atomic E-state index is 12.1. The highest BCUT2D eigenvalue weighted by molar-refractivity contribution is 6.42. The Kier molecular flexibility index (Phi) is 4.64. The van der Waals surface area contributed by atoms with E-state index in [4.69, 9.17) is 23.2 Å². The van der Waals surface area contributed by atoms with Crippen LogP contribution in [0.4, 0.5) is 21.9 Å². The summed E-state index contributed by atoms with van der Waals surface area (Å²) < 4.78 is 0. The summed E-state index contributed by atoms with van der Waals surface area (Å²) in [5.74, 6) is -0.00819. The first-order valence-electron chi connectivity index (χ1n) is 7.38. The van der Waals surface area contributed by atoms with Crippen molar-refractivity contribution in [2.45, 2.75) is 13.3 Å². The number of rotatable bonds is 2. The Labute approximate surface area is 149 Å². The van der Waals surface area contributed by atoms with Gasteiger partial charge in [-0.05, 0) is 42.3 Å². The number of hydrogen-bond acceptors (Lipinski definition) is 2. The molecule has 0 unspecified atom stereocenters. The van der Waals surface area contributed by atoms with Crippen LogP contribution in [-0.4, -0.2) is 18.5 Å². The topological polar surface area (TPSA) is 61.4 Å². The number of fused-ring (bicyclic) bond motifs is 1. The molecular weight excluding hydrogens is 349 g/mol. The van der Waals surface area contributed by atoms with Crippen LogP contribution in [0.1, 0.15) is 12.5 Å². The molecule has 0 bridgehead atoms. The van der Waals surface area contributed by atoms with Crippen molar-refractivity contribution in [3.05, 3.63) is 52.0 Å². The second-order valence-electron chi connectivity index (χ2n) is 5.47. The van der Waals surface area contributed by atoms with Crippen LogP contribution in [0.25, 0.3) is 0 Å². The van der Waals surface area contributed by atoms with Crippen molar-refractivity contribution in [2.24, 2.45) is 0 Å². The Morgan fingerprint density at radius 2 is 1.67 bits per heavy atom. The Balaban J connectivity index is 1.72. The monoisotopic (exact) mass is 363 g/mol. The van der Waals surface area contributed by atoms with Gasteiger partial charge in [-0.15, -0.1) is 0 Å². The van der Waals surface area contributed by atoms with Crippen molar-refractivity contribution >= 4 is 52.2 Å². The van der Waals surface area contributed by atoms with Crippen LogP contribution in [0.2, 0.25) is 10.0 Å². The molecule has 3 rings (SSSR count). The Bertz CT molecular complexity index is 823. The molecule has 0 saturated carbocycles. The van der Waals surface area contributed by atoms with Gasteiger partial charge in [0.1, 0.15) is 0 Å². The van der Waals surface area contributed by atoms with Crippen molar-refractivity contribution < 1.29 is 9.59 Å². The summed E-state index contributed by atoms with van der Waals surface area (Å²) in [4.78, 5) is 25.5. The van der Waals surface area contributed by atoms with Gasteiger partial charge in [0.25, 0.3) is 0 Å². The predicted molar refractivity (Wildman–Crippen MR) is 97.3 cm³/mol. The van der Waals surface area contributed by atoms with E-state index < -0.39 is 6.03 Å². The fourth-order valence-electron chi connectivity index (χ4n) is 2.65. The van der Waals surface area contributed by atoms with Crippen molar-refractivity contribution in [3.8, 4) is 0 Å². The molecule has 0 aromatic heterocycles. The fraction of sp³-hybridized carbons (Fsp3) is 0.176. The zero-order valence-electron chi connectivity index (χ0n) is 12.9. The van der Waals surface area contributed by atoms with Gasteiger partial charge in [-0.3, -0.25) is 4.79 Å². The van der Waals surface area contributed by atoms with E-state index in [-0.39, 0.29) is 5.91 Å². The quantitative estimate of drug-likeness (QED) is 0.822. The van der Waals surface area contributed by atoms with Crippen LogP contribution >= 0.6 is 23.2 Å². The van der Waals surface area contributed by atoms with Crippen molar-refractivity contribution in [2.75, 3.05) is 22.1 Å². The van der Waals surface area contributed by atoms with Crippen LogP contribution in [0.3, 0.4) is 0 Å². The van der Waals surface area contributed by atoms with E-state index in [9.17, 15) is 9.59 Å². The highest BCUT2D eigenvalue weighted by Crippen LogP contribution is 2.31. The number of urea groups is 1. The molecule has 3 amide bonds. The Hall–Kier alpha value is -2.24. The summed E-state index contributed by atoms with van der Waals surface area (Å²) >= 11 is 11.8. The zero-order chi connectivity index (χ0) is 17.3. The van der Waals surface area contributed by atoms with Crippen molar-refractivity contribution in [1.29, 1.82) is 0 Å². The first-order valence-corrected chi connectivity index (χ1v) is 8.14. The lowest BCUT2D eigenvalue weighted by Crippen LogP contribution is -2.26. The minimum atomic E-state index is -0.402. The van der Waals surface area contributed by atoms with Crippen molar-refractivity contribution in [1.82, 2.24) is 0 Å². The highest BCUT2D eigenvalue weighted by Gasteiger charge is 2.22. The van der Waals surface area contributed by atoms with E-state index >= 15 is 0 Å². The third kappa shape index (κ3) is 3.47. The van der Waals surface area contributed by atoms with Crippen LogP contribution in [-0.2, 0) is 11.2 Å². The minimum Gasteiger partial charge on any atom is -0.312 e. The van der Waals surface area contributed by atoms with E-state index in [1.54, 1.807) is 29.2 Å². The molecule has 0 atom stereocenters. The van der Waals surface area contributed by atoms with Gasteiger partial charge in [-0.1, -0.05) is 29.3 Å². The fourth-order valence-corrected chi connectivity index (χ4v) is 2.95. The van der Waals surface area contributed by atoms with E-state index in [1.165, 1.54) is 6.92 Å². The standard InChI is InChI=1S/C17H15Cl2N3O2/c1-10(23)22-7-6-11-2-3-13(9-16(11)22)21-17(24)20-12-4-5-14(18)15(19)8-12/h2-5,8-9H,6-7H2,1H3,(H2,20,21,24). The first-order chi connectivity index (χ1) is 11.4. The van der Waals surface area contributed by atoms with Crippen molar-refractivity contribution in [3.63, 3.8) is 0 Å². The molecule has 1 heterocycles. The number of nitrogens with one attached hydrogen (secondary N) is 2. The number of anilines is 3. The smallest absolute Gasteiger partial charge is 0.312 e. The van der Waals surface area contributed by atoms with E-state index in [1.807, 2.05) is 12.1 Å². The third-order valence-electron chi connectivity index (χ3n) is 3.80. The van der Waals surface area contributed by atoms with E-state index in [0.717, 1.165) is 17.7 Å². The SMILES string of the molecule is CC(=O)N1CCc2ccc(NC(=O)Nc3ccc(Cl)c(Cl)c3)cc21. The maximum absolute atomic E-state index is 12.1. The molecule has 0 spiro atoms. The molecular formula is C17H15Cl2N3O2. The first kappa shape index (κ1) is 16.6. The van der Waals surface area contributed by atoms with Gasteiger partial charge in [0.15, 0.2) is 0 Å². The highest BCUT2D eigenvalue weighted by atomic mass is 35.5. The lowest BCUT2D eigenvalue weighted by Gasteiger charge is -2.16. The van der Waals surface area contributed by atoms with Gasteiger partial charge in [-0.2, -0.15) is 0 Å². The number of benzene rings is 2. The molecule has 5 nitrogen and oxygen atoms in total. The average Bonchev–Trinajstić information content (AvgIpc) is 2.94. The number of nitrogens with zero attached hydrogens (tertiary/aromatic N) is 1. The predicted octanol–water partition coefficient (Wildman–Crippen LogP) is 4.55. The zero-order valence-corrected chi connectivity index (χ0v) is 14.4. The van der Waals surface area contributed by atoms with Crippen LogP contribution in [0, 0.1) is 0 Å². The largest absolute Gasteiger partial charge is 0.323 e. The third-order valence-corrected chi connectivity index (χ3v) is 4.54. The molecule has 2 N–H and O–H groups in total. The van der Waals surface area contributed by atoms with Gasteiger partial charge in [0.05, 0.1) is 10.0 Å². The van der Waals surface area contributed by atoms with Crippen LogP contribution in [0.5, 0.6) is 0 Å². The molecule has 1 aliphatic heterocycles. The molecule has 2 aromatic rings. The maximum Gasteiger partial charge on any atom is 0.323 e. The number of carbonyl (C=O) groups excluding carboxylic acids is 2. The molecule has 1 aliphatic rings. The summed E-state index contributed by atoms with van der Waals surface area (Å²) in [5.41, 5.74) is 3.09. The summed E-state index contributed by atoms with van der Waals surface area (Å²) in [6, 6.07) is 9.99. The Morgan fingerprint density at radius 1 is 1.00 bits per heavy atom. The molecule has 2 aromatic carbocycles. The van der Waals surface area contributed by atoms with Gasteiger partial charge in [0.2, 0.25) is 5.91 Å². The van der Waals surface area contributed by atoms with Crippen LogP contribution in [0.15, 0.2) is 36.4 Å². The van der Waals surface area contributed by atoms with Gasteiger partial charge < -0.3 is 15.5 Å². The molecule has 0 aliphatic carbocycles. The number of halogens is 2. The summed E-state index contributed by atoms with van der Waals surface area (Å²) in [7, 11) is 0. The van der Waals surface area contributed by atoms with Crippen LogP contribution < -0.4 is 15.5 Å². The lowest BCUT2D eigenvalue weighted by atomic mass is 10.1. The summed E-state index contributed by atoms with van der Waals surface area (Å²) in [6.07, 6.45) is 0.824. The van der Waals surface area contributed by atoms with Gasteiger partial charge in [0, 0.05) is 30.5 Å². The van der Waals surface area contributed by atoms with E-state index in [0.29, 0.717) is 28.0 Å². The number of hydrogen-bond donors (Lipinski definition) is 2. The number of amides is 3. The molecule has 0 saturated heterocycles. The average molecular weight is 364 g/mol. The molecule has 24 heavy (non-hydrogen) atoms. The van der Waals surface area contributed by atoms with Gasteiger partial charge in [-0.25, -0.2) is 4.79 Å². The minimum absolute atomic E-state index is 0.00819. The lowest BCUT2D eigenvalue weighted by molar-refractivity contribution is -0.116. The van der Waals surface area contributed by atoms with E-state index in [2.05, 4.69) is 10.6 Å². The van der Waals surface area contributed by atoms with Gasteiger partial charge >= 0.3 is 6.03 Å². The molecule has 7 heteroatoms. The molecule has 0 radical (unpaired) electrons. The normalized spacial score (nSPS) is 12.7. The second-order valence-corrected chi connectivity index (χ2v) is 6.29. The summed E-state index contributed by atoms with van der Waals surface area (Å²) in [5, 5.41) is 6.22.